The van der Waals surface area contributed by atoms with E-state index in [-0.39, 0.29) is 11.7 Å². The molecule has 1 nitrogen and oxygen atoms in total. The second kappa shape index (κ2) is 5.74. The maximum atomic E-state index is 13.7. The van der Waals surface area contributed by atoms with Crippen LogP contribution in [0.2, 0.25) is 0 Å². The Bertz CT molecular complexity index is 564. The Hall–Kier alpha value is -0.700. The lowest BCUT2D eigenvalue weighted by Gasteiger charge is -2.23. The molecule has 0 spiro atoms. The third kappa shape index (κ3) is 3.25. The van der Waals surface area contributed by atoms with Crippen LogP contribution in [-0.4, -0.2) is 14.1 Å². The summed E-state index contributed by atoms with van der Waals surface area (Å²) in [7, 11) is 3.72. The van der Waals surface area contributed by atoms with Gasteiger partial charge in [-0.25, -0.2) is 4.39 Å². The van der Waals surface area contributed by atoms with E-state index in [4.69, 9.17) is 34.8 Å². The van der Waals surface area contributed by atoms with Crippen LogP contribution in [0.25, 0.3) is 0 Å². The Morgan fingerprint density at radius 2 is 1.84 bits per heavy atom. The van der Waals surface area contributed by atoms with Gasteiger partial charge in [0.05, 0.1) is 5.03 Å². The number of allylic oxidation sites excluding steroid dienone is 4. The van der Waals surface area contributed by atoms with Crippen molar-refractivity contribution in [1.82, 2.24) is 0 Å². The van der Waals surface area contributed by atoms with Gasteiger partial charge in [0.25, 0.3) is 0 Å². The number of halogens is 4. The van der Waals surface area contributed by atoms with Crippen LogP contribution < -0.4 is 4.90 Å². The molecule has 0 amide bonds. The molecular weight excluding hydrogens is 308 g/mol. The lowest BCUT2D eigenvalue weighted by molar-refractivity contribution is 0.623. The van der Waals surface area contributed by atoms with E-state index in [2.05, 4.69) is 0 Å². The summed E-state index contributed by atoms with van der Waals surface area (Å²) in [6.45, 7) is 0. The third-order valence-corrected chi connectivity index (χ3v) is 4.23. The molecule has 0 aromatic heterocycles. The maximum absolute atomic E-state index is 13.7. The highest BCUT2D eigenvalue weighted by atomic mass is 35.5. The van der Waals surface area contributed by atoms with Crippen molar-refractivity contribution in [3.8, 4) is 0 Å². The van der Waals surface area contributed by atoms with Crippen molar-refractivity contribution in [3.05, 3.63) is 50.8 Å². The molecule has 0 saturated heterocycles. The molecule has 0 saturated carbocycles. The molecule has 1 aliphatic rings. The predicted molar refractivity (Wildman–Crippen MR) is 80.8 cm³/mol. The molecule has 19 heavy (non-hydrogen) atoms. The normalized spacial score (nSPS) is 19.5. The summed E-state index contributed by atoms with van der Waals surface area (Å²) in [5.41, 5.74) is 1.59. The van der Waals surface area contributed by atoms with Gasteiger partial charge in [-0.15, -0.1) is 0 Å². The minimum Gasteiger partial charge on any atom is -0.378 e. The Kier molecular flexibility index (Phi) is 4.44. The van der Waals surface area contributed by atoms with Crippen molar-refractivity contribution in [1.29, 1.82) is 0 Å². The van der Waals surface area contributed by atoms with Crippen LogP contribution >= 0.6 is 34.8 Å². The molecule has 1 aromatic rings. The van der Waals surface area contributed by atoms with Gasteiger partial charge in [-0.1, -0.05) is 34.8 Å². The summed E-state index contributed by atoms with van der Waals surface area (Å²) in [6.07, 6.45) is 2.12. The van der Waals surface area contributed by atoms with Crippen LogP contribution in [0, 0.1) is 5.82 Å². The lowest BCUT2D eigenvalue weighted by Crippen LogP contribution is -2.11. The van der Waals surface area contributed by atoms with Gasteiger partial charge in [-0.3, -0.25) is 0 Å². The topological polar surface area (TPSA) is 3.24 Å². The van der Waals surface area contributed by atoms with E-state index in [1.165, 1.54) is 12.1 Å². The first kappa shape index (κ1) is 14.7. The first-order valence-electron chi connectivity index (χ1n) is 5.77. The first-order chi connectivity index (χ1) is 8.88. The summed E-state index contributed by atoms with van der Waals surface area (Å²) in [5, 5.41) is 1.57. The van der Waals surface area contributed by atoms with Crippen LogP contribution in [0.3, 0.4) is 0 Å². The summed E-state index contributed by atoms with van der Waals surface area (Å²) >= 11 is 18.2. The van der Waals surface area contributed by atoms with Crippen LogP contribution in [0.1, 0.15) is 17.9 Å². The molecule has 5 heteroatoms. The van der Waals surface area contributed by atoms with E-state index in [0.29, 0.717) is 21.5 Å². The summed E-state index contributed by atoms with van der Waals surface area (Å²) in [5.74, 6) is -0.437. The first-order valence-corrected chi connectivity index (χ1v) is 6.91. The fourth-order valence-corrected chi connectivity index (χ4v) is 2.78. The van der Waals surface area contributed by atoms with Gasteiger partial charge in [0.2, 0.25) is 0 Å². The smallest absolute Gasteiger partial charge is 0.125 e. The van der Waals surface area contributed by atoms with E-state index in [9.17, 15) is 4.39 Å². The highest BCUT2D eigenvalue weighted by Crippen LogP contribution is 2.42. The predicted octanol–water partition coefficient (Wildman–Crippen LogP) is 5.19. The van der Waals surface area contributed by atoms with Crippen molar-refractivity contribution in [3.63, 3.8) is 0 Å². The lowest BCUT2D eigenvalue weighted by atomic mass is 9.91. The monoisotopic (exact) mass is 319 g/mol. The highest BCUT2D eigenvalue weighted by Gasteiger charge is 2.23. The Balaban J connectivity index is 2.41. The molecule has 102 valence electrons. The third-order valence-electron chi connectivity index (χ3n) is 3.06. The van der Waals surface area contributed by atoms with E-state index in [0.717, 1.165) is 11.3 Å². The standard InChI is InChI=1S/C14H13Cl3FN/c1-19(2)10-4-8(3-9(18)5-10)11-6-13(16)14(17)7-12(11)15/h3-5,7,11H,6H2,1-2H3. The zero-order chi connectivity index (χ0) is 14.2. The maximum Gasteiger partial charge on any atom is 0.125 e. The van der Waals surface area contributed by atoms with Gasteiger partial charge < -0.3 is 4.90 Å². The molecule has 0 bridgehead atoms. The quantitative estimate of drug-likeness (QED) is 0.724. The summed E-state index contributed by atoms with van der Waals surface area (Å²) in [4.78, 5) is 1.84. The minimum absolute atomic E-state index is 0.147. The Labute approximate surface area is 127 Å². The van der Waals surface area contributed by atoms with Gasteiger partial charge >= 0.3 is 0 Å². The molecule has 1 aromatic carbocycles. The van der Waals surface area contributed by atoms with Crippen LogP contribution in [-0.2, 0) is 0 Å². The Morgan fingerprint density at radius 3 is 2.47 bits per heavy atom. The number of hydrogen-bond donors (Lipinski definition) is 0. The average Bonchev–Trinajstić information content (AvgIpc) is 2.33. The molecule has 1 unspecified atom stereocenters. The van der Waals surface area contributed by atoms with Crippen molar-refractivity contribution in [2.75, 3.05) is 19.0 Å². The molecular formula is C14H13Cl3FN. The number of benzene rings is 1. The van der Waals surface area contributed by atoms with Gasteiger partial charge in [0, 0.05) is 35.8 Å². The fraction of sp³-hybridized carbons (Fsp3) is 0.286. The molecule has 0 aliphatic heterocycles. The summed E-state index contributed by atoms with van der Waals surface area (Å²) in [6, 6.07) is 4.87. The van der Waals surface area contributed by atoms with Crippen molar-refractivity contribution >= 4 is 40.5 Å². The van der Waals surface area contributed by atoms with Crippen LogP contribution in [0.5, 0.6) is 0 Å². The van der Waals surface area contributed by atoms with Gasteiger partial charge in [-0.2, -0.15) is 0 Å². The molecule has 0 radical (unpaired) electrons. The van der Waals surface area contributed by atoms with Crippen LogP contribution in [0.15, 0.2) is 39.4 Å². The van der Waals surface area contributed by atoms with E-state index in [1.54, 1.807) is 6.08 Å². The van der Waals surface area contributed by atoms with E-state index in [1.807, 2.05) is 25.1 Å². The number of rotatable bonds is 2. The fourth-order valence-electron chi connectivity index (χ4n) is 2.01. The number of anilines is 1. The van der Waals surface area contributed by atoms with Crippen molar-refractivity contribution in [2.24, 2.45) is 0 Å². The van der Waals surface area contributed by atoms with Crippen molar-refractivity contribution < 1.29 is 4.39 Å². The molecule has 0 N–H and O–H groups in total. The highest BCUT2D eigenvalue weighted by molar-refractivity contribution is 6.42. The van der Waals surface area contributed by atoms with E-state index >= 15 is 0 Å². The molecule has 1 atom stereocenters. The van der Waals surface area contributed by atoms with Gasteiger partial charge in [0.15, 0.2) is 0 Å². The van der Waals surface area contributed by atoms with Gasteiger partial charge in [0.1, 0.15) is 5.82 Å². The largest absolute Gasteiger partial charge is 0.378 e. The Morgan fingerprint density at radius 1 is 1.16 bits per heavy atom. The SMILES string of the molecule is CN(C)c1cc(F)cc(C2CC(Cl)=C(Cl)C=C2Cl)c1. The molecule has 0 fully saturated rings. The van der Waals surface area contributed by atoms with E-state index < -0.39 is 0 Å². The van der Waals surface area contributed by atoms with Crippen molar-refractivity contribution in [2.45, 2.75) is 12.3 Å². The molecule has 1 aliphatic carbocycles. The number of hydrogen-bond acceptors (Lipinski definition) is 1. The zero-order valence-electron chi connectivity index (χ0n) is 10.6. The number of nitrogens with zero attached hydrogens (tertiary/aromatic N) is 1. The zero-order valence-corrected chi connectivity index (χ0v) is 12.8. The minimum atomic E-state index is -0.289. The van der Waals surface area contributed by atoms with Crippen LogP contribution in [0.4, 0.5) is 10.1 Å². The molecule has 0 heterocycles. The second-order valence-corrected chi connectivity index (χ2v) is 5.98. The molecule has 2 rings (SSSR count). The summed E-state index contributed by atoms with van der Waals surface area (Å²) < 4.78 is 13.7. The average molecular weight is 321 g/mol. The van der Waals surface area contributed by atoms with Gasteiger partial charge in [-0.05, 0) is 36.3 Å². The second-order valence-electron chi connectivity index (χ2n) is 4.68.